The van der Waals surface area contributed by atoms with Gasteiger partial charge in [0.2, 0.25) is 5.88 Å². The van der Waals surface area contributed by atoms with Gasteiger partial charge in [-0.3, -0.25) is 4.79 Å². The van der Waals surface area contributed by atoms with Gasteiger partial charge < -0.3 is 14.8 Å². The Morgan fingerprint density at radius 2 is 2.08 bits per heavy atom. The molecule has 2 rings (SSSR count). The van der Waals surface area contributed by atoms with Crippen molar-refractivity contribution in [2.24, 2.45) is 0 Å². The van der Waals surface area contributed by atoms with E-state index in [1.54, 1.807) is 19.4 Å². The summed E-state index contributed by atoms with van der Waals surface area (Å²) in [5.74, 6) is 1.53. The molecule has 0 spiro atoms. The Balaban J connectivity index is 1.87. The van der Waals surface area contributed by atoms with Gasteiger partial charge in [0.1, 0.15) is 5.75 Å². The smallest absolute Gasteiger partial charge is 0.258 e. The molecule has 0 aliphatic heterocycles. The third-order valence-corrected chi connectivity index (χ3v) is 3.92. The van der Waals surface area contributed by atoms with E-state index in [1.807, 2.05) is 30.3 Å². The zero-order valence-corrected chi connectivity index (χ0v) is 14.4. The van der Waals surface area contributed by atoms with Crippen LogP contribution in [-0.4, -0.2) is 24.6 Å². The Kier molecular flexibility index (Phi) is 6.61. The van der Waals surface area contributed by atoms with Crippen LogP contribution in [0, 0.1) is 0 Å². The first-order valence-electron chi connectivity index (χ1n) is 8.11. The summed E-state index contributed by atoms with van der Waals surface area (Å²) in [7, 11) is 1.56. The largest absolute Gasteiger partial charge is 0.483 e. The molecule has 0 saturated heterocycles. The van der Waals surface area contributed by atoms with Crippen molar-refractivity contribution in [3.63, 3.8) is 0 Å². The summed E-state index contributed by atoms with van der Waals surface area (Å²) in [4.78, 5) is 16.0. The zero-order valence-electron chi connectivity index (χ0n) is 14.4. The summed E-state index contributed by atoms with van der Waals surface area (Å²) in [5.41, 5.74) is 2.06. The van der Waals surface area contributed by atoms with E-state index in [9.17, 15) is 4.79 Å². The number of hydrogen-bond acceptors (Lipinski definition) is 4. The Bertz CT molecular complexity index is 673. The predicted octanol–water partition coefficient (Wildman–Crippen LogP) is 3.30. The molecule has 1 aromatic heterocycles. The summed E-state index contributed by atoms with van der Waals surface area (Å²) in [6.45, 7) is 4.69. The van der Waals surface area contributed by atoms with Crippen LogP contribution >= 0.6 is 0 Å². The minimum absolute atomic E-state index is 0.00430. The summed E-state index contributed by atoms with van der Waals surface area (Å²) >= 11 is 0. The van der Waals surface area contributed by atoms with Crippen LogP contribution in [0.25, 0.3) is 0 Å². The topological polar surface area (TPSA) is 60.5 Å². The van der Waals surface area contributed by atoms with Gasteiger partial charge in [-0.15, -0.1) is 0 Å². The molecular formula is C19H24N2O3. The van der Waals surface area contributed by atoms with Crippen LogP contribution in [0.15, 0.2) is 42.6 Å². The fourth-order valence-electron chi connectivity index (χ4n) is 2.31. The van der Waals surface area contributed by atoms with Gasteiger partial charge in [0, 0.05) is 18.8 Å². The fourth-order valence-corrected chi connectivity index (χ4v) is 2.31. The minimum atomic E-state index is -0.162. The Hall–Kier alpha value is -2.56. The van der Waals surface area contributed by atoms with Crippen molar-refractivity contribution in [1.29, 1.82) is 0 Å². The average Bonchev–Trinajstić information content (AvgIpc) is 2.64. The molecule has 5 nitrogen and oxygen atoms in total. The number of pyridine rings is 1. The minimum Gasteiger partial charge on any atom is -0.483 e. The first-order valence-corrected chi connectivity index (χ1v) is 8.11. The van der Waals surface area contributed by atoms with Crippen molar-refractivity contribution in [3.8, 4) is 11.6 Å². The molecule has 0 aliphatic carbocycles. The highest BCUT2D eigenvalue weighted by atomic mass is 16.5. The Morgan fingerprint density at radius 1 is 1.29 bits per heavy atom. The number of aromatic nitrogens is 1. The van der Waals surface area contributed by atoms with E-state index in [1.165, 1.54) is 0 Å². The van der Waals surface area contributed by atoms with Gasteiger partial charge in [-0.2, -0.15) is 0 Å². The van der Waals surface area contributed by atoms with E-state index >= 15 is 0 Å². The number of ether oxygens (including phenoxy) is 2. The number of benzene rings is 1. The second kappa shape index (κ2) is 8.91. The van der Waals surface area contributed by atoms with E-state index in [4.69, 9.17) is 9.47 Å². The summed E-state index contributed by atoms with van der Waals surface area (Å²) in [6.07, 6.45) is 2.68. The monoisotopic (exact) mass is 328 g/mol. The molecule has 1 amide bonds. The second-order valence-electron chi connectivity index (χ2n) is 5.62. The quantitative estimate of drug-likeness (QED) is 0.808. The molecule has 1 N–H and O–H groups in total. The van der Waals surface area contributed by atoms with Crippen LogP contribution in [0.3, 0.4) is 0 Å². The number of hydrogen-bond donors (Lipinski definition) is 1. The number of para-hydroxylation sites is 1. The number of carbonyl (C=O) groups excluding carboxylic acids is 1. The maximum absolute atomic E-state index is 12.0. The lowest BCUT2D eigenvalue weighted by Crippen LogP contribution is -2.28. The first-order chi connectivity index (χ1) is 11.6. The van der Waals surface area contributed by atoms with E-state index in [2.05, 4.69) is 24.1 Å². The first kappa shape index (κ1) is 17.8. The van der Waals surface area contributed by atoms with E-state index < -0.39 is 0 Å². The molecule has 0 bridgehead atoms. The number of methoxy groups -OCH3 is 1. The highest BCUT2D eigenvalue weighted by Crippen LogP contribution is 2.28. The third-order valence-electron chi connectivity index (χ3n) is 3.92. The molecule has 0 fully saturated rings. The van der Waals surface area contributed by atoms with Crippen LogP contribution in [0.1, 0.15) is 37.3 Å². The van der Waals surface area contributed by atoms with Crippen LogP contribution in [0.2, 0.25) is 0 Å². The van der Waals surface area contributed by atoms with E-state index in [-0.39, 0.29) is 12.5 Å². The predicted molar refractivity (Wildman–Crippen MR) is 93.3 cm³/mol. The number of amides is 1. The lowest BCUT2D eigenvalue weighted by molar-refractivity contribution is -0.123. The standard InChI is InChI=1S/C19H24N2O3/c1-4-14(2)16-7-5-6-8-17(16)24-13-18(22)21-12-15-9-10-20-19(11-15)23-3/h5-11,14H,4,12-13H2,1-3H3,(H,21,22)/t14-/m0/s1. The molecule has 5 heteroatoms. The maximum atomic E-state index is 12.0. The summed E-state index contributed by atoms with van der Waals surface area (Å²) < 4.78 is 10.8. The van der Waals surface area contributed by atoms with Gasteiger partial charge in [0.05, 0.1) is 7.11 Å². The molecule has 0 unspecified atom stereocenters. The van der Waals surface area contributed by atoms with Crippen molar-refractivity contribution in [2.45, 2.75) is 32.7 Å². The average molecular weight is 328 g/mol. The van der Waals surface area contributed by atoms with Gasteiger partial charge in [-0.25, -0.2) is 4.98 Å². The normalized spacial score (nSPS) is 11.6. The lowest BCUT2D eigenvalue weighted by atomic mass is 9.98. The van der Waals surface area contributed by atoms with E-state index in [0.717, 1.165) is 23.3 Å². The third kappa shape index (κ3) is 4.98. The van der Waals surface area contributed by atoms with Gasteiger partial charge in [-0.1, -0.05) is 32.0 Å². The molecule has 24 heavy (non-hydrogen) atoms. The summed E-state index contributed by atoms with van der Waals surface area (Å²) in [6, 6.07) is 11.5. The van der Waals surface area contributed by atoms with E-state index in [0.29, 0.717) is 18.3 Å². The van der Waals surface area contributed by atoms with Gasteiger partial charge in [0.25, 0.3) is 5.91 Å². The number of carbonyl (C=O) groups is 1. The Morgan fingerprint density at radius 3 is 2.83 bits per heavy atom. The molecule has 2 aromatic rings. The molecular weight excluding hydrogens is 304 g/mol. The Labute approximate surface area is 143 Å². The summed E-state index contributed by atoms with van der Waals surface area (Å²) in [5, 5.41) is 2.84. The van der Waals surface area contributed by atoms with Crippen molar-refractivity contribution in [1.82, 2.24) is 10.3 Å². The van der Waals surface area contributed by atoms with Crippen LogP contribution < -0.4 is 14.8 Å². The highest BCUT2D eigenvalue weighted by Gasteiger charge is 2.11. The van der Waals surface area contributed by atoms with Crippen LogP contribution in [-0.2, 0) is 11.3 Å². The second-order valence-corrected chi connectivity index (χ2v) is 5.62. The molecule has 0 saturated carbocycles. The SMILES string of the molecule is CC[C@H](C)c1ccccc1OCC(=O)NCc1ccnc(OC)c1. The molecule has 128 valence electrons. The molecule has 0 aliphatic rings. The van der Waals surface area contributed by atoms with Crippen molar-refractivity contribution in [3.05, 3.63) is 53.7 Å². The molecule has 1 atom stereocenters. The molecule has 1 heterocycles. The van der Waals surface area contributed by atoms with Gasteiger partial charge in [0.15, 0.2) is 6.61 Å². The number of nitrogens with zero attached hydrogens (tertiary/aromatic N) is 1. The van der Waals surface area contributed by atoms with Crippen molar-refractivity contribution in [2.75, 3.05) is 13.7 Å². The van der Waals surface area contributed by atoms with Gasteiger partial charge in [-0.05, 0) is 35.6 Å². The van der Waals surface area contributed by atoms with Crippen molar-refractivity contribution >= 4 is 5.91 Å². The van der Waals surface area contributed by atoms with Crippen molar-refractivity contribution < 1.29 is 14.3 Å². The number of rotatable bonds is 8. The zero-order chi connectivity index (χ0) is 17.4. The molecule has 1 aromatic carbocycles. The highest BCUT2D eigenvalue weighted by molar-refractivity contribution is 5.77. The molecule has 0 radical (unpaired) electrons. The van der Waals surface area contributed by atoms with Crippen LogP contribution in [0.4, 0.5) is 0 Å². The number of nitrogens with one attached hydrogen (secondary N) is 1. The van der Waals surface area contributed by atoms with Gasteiger partial charge >= 0.3 is 0 Å². The maximum Gasteiger partial charge on any atom is 0.258 e. The lowest BCUT2D eigenvalue weighted by Gasteiger charge is -2.15. The fraction of sp³-hybridized carbons (Fsp3) is 0.368. The van der Waals surface area contributed by atoms with Crippen LogP contribution in [0.5, 0.6) is 11.6 Å².